The fourth-order valence-corrected chi connectivity index (χ4v) is 3.54. The van der Waals surface area contributed by atoms with Crippen LogP contribution in [0.5, 0.6) is 17.2 Å². The third-order valence-electron chi connectivity index (χ3n) is 4.88. The molecule has 1 aromatic heterocycles. The molecule has 7 nitrogen and oxygen atoms in total. The van der Waals surface area contributed by atoms with Gasteiger partial charge in [0.05, 0.1) is 26.9 Å². The number of benzene rings is 2. The van der Waals surface area contributed by atoms with Crippen molar-refractivity contribution in [3.8, 4) is 34.3 Å². The number of hydrogen-bond acceptors (Lipinski definition) is 5. The minimum Gasteiger partial charge on any atom is -0.493 e. The molecule has 2 aromatic carbocycles. The van der Waals surface area contributed by atoms with Gasteiger partial charge in [-0.15, -0.1) is 0 Å². The maximum atomic E-state index is 12.2. The van der Waals surface area contributed by atoms with Gasteiger partial charge in [0, 0.05) is 30.2 Å². The quantitative estimate of drug-likeness (QED) is 0.738. The van der Waals surface area contributed by atoms with Crippen LogP contribution in [0.4, 0.5) is 0 Å². The van der Waals surface area contributed by atoms with E-state index in [1.807, 2.05) is 41.1 Å². The molecule has 0 saturated carbocycles. The summed E-state index contributed by atoms with van der Waals surface area (Å²) in [7, 11) is 4.73. The second-order valence-electron chi connectivity index (χ2n) is 6.35. The molecule has 0 saturated heterocycles. The van der Waals surface area contributed by atoms with Gasteiger partial charge in [0.2, 0.25) is 5.75 Å². The molecule has 1 amide bonds. The smallest absolute Gasteiger partial charge is 0.251 e. The zero-order valence-electron chi connectivity index (χ0n) is 16.0. The molecule has 0 fully saturated rings. The Morgan fingerprint density at radius 3 is 2.57 bits per heavy atom. The first-order chi connectivity index (χ1) is 13.7. The second-order valence-corrected chi connectivity index (χ2v) is 6.35. The zero-order chi connectivity index (χ0) is 19.7. The van der Waals surface area contributed by atoms with Gasteiger partial charge in [-0.2, -0.15) is 0 Å². The first kappa shape index (κ1) is 17.9. The van der Waals surface area contributed by atoms with Gasteiger partial charge in [-0.3, -0.25) is 9.36 Å². The summed E-state index contributed by atoms with van der Waals surface area (Å²) in [5.74, 6) is 2.24. The van der Waals surface area contributed by atoms with E-state index in [1.165, 1.54) is 0 Å². The van der Waals surface area contributed by atoms with Crippen molar-refractivity contribution in [1.82, 2.24) is 14.9 Å². The topological polar surface area (TPSA) is 74.6 Å². The molecule has 0 bridgehead atoms. The standard InChI is InChI=1S/C21H21N3O4/c1-26-17-7-6-15(18(27-2)19(17)28-3)20-22-10-11-24(20)14-5-4-13-8-9-23-21(25)16(13)12-14/h4-7,10-12H,8-9H2,1-3H3,(H,23,25). The Morgan fingerprint density at radius 2 is 1.82 bits per heavy atom. The Morgan fingerprint density at radius 1 is 1.00 bits per heavy atom. The molecule has 2 heterocycles. The number of ether oxygens (including phenoxy) is 3. The molecular weight excluding hydrogens is 358 g/mol. The Balaban J connectivity index is 1.85. The summed E-state index contributed by atoms with van der Waals surface area (Å²) in [6.45, 7) is 0.671. The van der Waals surface area contributed by atoms with Gasteiger partial charge in [-0.05, 0) is 36.2 Å². The summed E-state index contributed by atoms with van der Waals surface area (Å²) in [6, 6.07) is 9.58. The second kappa shape index (κ2) is 7.26. The minimum absolute atomic E-state index is 0.0477. The number of nitrogens with zero attached hydrogens (tertiary/aromatic N) is 2. The highest BCUT2D eigenvalue weighted by atomic mass is 16.5. The van der Waals surface area contributed by atoms with Crippen molar-refractivity contribution in [1.29, 1.82) is 0 Å². The predicted octanol–water partition coefficient (Wildman–Crippen LogP) is 2.85. The van der Waals surface area contributed by atoms with E-state index < -0.39 is 0 Å². The number of rotatable bonds is 5. The highest BCUT2D eigenvalue weighted by Crippen LogP contribution is 2.44. The molecule has 1 N–H and O–H groups in total. The number of carbonyl (C=O) groups is 1. The number of amides is 1. The first-order valence-corrected chi connectivity index (χ1v) is 8.92. The Hall–Kier alpha value is -3.48. The van der Waals surface area contributed by atoms with Crippen LogP contribution in [0, 0.1) is 0 Å². The van der Waals surface area contributed by atoms with Crippen LogP contribution in [-0.4, -0.2) is 43.3 Å². The third kappa shape index (κ3) is 2.85. The molecule has 1 aliphatic rings. The molecule has 0 atom stereocenters. The highest BCUT2D eigenvalue weighted by Gasteiger charge is 2.22. The zero-order valence-corrected chi connectivity index (χ0v) is 16.0. The highest BCUT2D eigenvalue weighted by molar-refractivity contribution is 5.97. The van der Waals surface area contributed by atoms with Gasteiger partial charge in [-0.25, -0.2) is 4.98 Å². The number of hydrogen-bond donors (Lipinski definition) is 1. The average molecular weight is 379 g/mol. The van der Waals surface area contributed by atoms with Crippen LogP contribution in [-0.2, 0) is 6.42 Å². The minimum atomic E-state index is -0.0477. The average Bonchev–Trinajstić information content (AvgIpc) is 3.22. The summed E-state index contributed by atoms with van der Waals surface area (Å²) in [5.41, 5.74) is 3.35. The van der Waals surface area contributed by atoms with Crippen LogP contribution in [0.25, 0.3) is 17.1 Å². The van der Waals surface area contributed by atoms with Gasteiger partial charge in [0.1, 0.15) is 5.82 Å². The maximum Gasteiger partial charge on any atom is 0.251 e. The van der Waals surface area contributed by atoms with Gasteiger partial charge >= 0.3 is 0 Å². The fourth-order valence-electron chi connectivity index (χ4n) is 3.54. The van der Waals surface area contributed by atoms with Crippen molar-refractivity contribution >= 4 is 5.91 Å². The predicted molar refractivity (Wildman–Crippen MR) is 105 cm³/mol. The maximum absolute atomic E-state index is 12.2. The van der Waals surface area contributed by atoms with Crippen molar-refractivity contribution in [2.45, 2.75) is 6.42 Å². The van der Waals surface area contributed by atoms with Crippen LogP contribution in [0.3, 0.4) is 0 Å². The molecule has 4 rings (SSSR count). The first-order valence-electron chi connectivity index (χ1n) is 8.92. The molecule has 144 valence electrons. The van der Waals surface area contributed by atoms with Crippen LogP contribution < -0.4 is 19.5 Å². The molecular formula is C21H21N3O4. The van der Waals surface area contributed by atoms with Gasteiger partial charge in [0.15, 0.2) is 11.5 Å². The number of aromatic nitrogens is 2. The van der Waals surface area contributed by atoms with Crippen LogP contribution >= 0.6 is 0 Å². The van der Waals surface area contributed by atoms with Crippen molar-refractivity contribution in [3.63, 3.8) is 0 Å². The van der Waals surface area contributed by atoms with Crippen molar-refractivity contribution in [2.75, 3.05) is 27.9 Å². The lowest BCUT2D eigenvalue weighted by atomic mass is 9.99. The molecule has 28 heavy (non-hydrogen) atoms. The largest absolute Gasteiger partial charge is 0.493 e. The number of carbonyl (C=O) groups excluding carboxylic acids is 1. The monoisotopic (exact) mass is 379 g/mol. The van der Waals surface area contributed by atoms with E-state index in [1.54, 1.807) is 27.5 Å². The Kier molecular flexibility index (Phi) is 4.65. The normalized spacial score (nSPS) is 12.9. The van der Waals surface area contributed by atoms with E-state index in [9.17, 15) is 4.79 Å². The Bertz CT molecular complexity index is 1040. The lowest BCUT2D eigenvalue weighted by Gasteiger charge is -2.19. The molecule has 0 unspecified atom stereocenters. The van der Waals surface area contributed by atoms with E-state index in [2.05, 4.69) is 10.3 Å². The number of imidazole rings is 1. The lowest BCUT2D eigenvalue weighted by molar-refractivity contribution is 0.0946. The van der Waals surface area contributed by atoms with Gasteiger partial charge in [-0.1, -0.05) is 6.07 Å². The molecule has 1 aliphatic heterocycles. The number of methoxy groups -OCH3 is 3. The molecule has 0 radical (unpaired) electrons. The number of fused-ring (bicyclic) bond motifs is 1. The van der Waals surface area contributed by atoms with E-state index >= 15 is 0 Å². The van der Waals surface area contributed by atoms with Gasteiger partial charge in [0.25, 0.3) is 5.91 Å². The number of nitrogens with one attached hydrogen (secondary N) is 1. The van der Waals surface area contributed by atoms with Crippen LogP contribution in [0.1, 0.15) is 15.9 Å². The molecule has 3 aromatic rings. The van der Waals surface area contributed by atoms with E-state index in [4.69, 9.17) is 14.2 Å². The van der Waals surface area contributed by atoms with Crippen LogP contribution in [0.15, 0.2) is 42.7 Å². The summed E-state index contributed by atoms with van der Waals surface area (Å²) >= 11 is 0. The lowest BCUT2D eigenvalue weighted by Crippen LogP contribution is -2.31. The van der Waals surface area contributed by atoms with E-state index in [0.29, 0.717) is 35.2 Å². The summed E-state index contributed by atoms with van der Waals surface area (Å²) < 4.78 is 18.4. The van der Waals surface area contributed by atoms with E-state index in [0.717, 1.165) is 23.2 Å². The summed E-state index contributed by atoms with van der Waals surface area (Å²) in [6.07, 6.45) is 4.40. The van der Waals surface area contributed by atoms with E-state index in [-0.39, 0.29) is 5.91 Å². The van der Waals surface area contributed by atoms with Crippen molar-refractivity contribution in [3.05, 3.63) is 53.9 Å². The summed E-state index contributed by atoms with van der Waals surface area (Å²) in [4.78, 5) is 16.7. The van der Waals surface area contributed by atoms with Crippen molar-refractivity contribution < 1.29 is 19.0 Å². The summed E-state index contributed by atoms with van der Waals surface area (Å²) in [5, 5.41) is 2.89. The third-order valence-corrected chi connectivity index (χ3v) is 4.88. The van der Waals surface area contributed by atoms with Gasteiger partial charge < -0.3 is 19.5 Å². The van der Waals surface area contributed by atoms with Crippen LogP contribution in [0.2, 0.25) is 0 Å². The van der Waals surface area contributed by atoms with Crippen molar-refractivity contribution in [2.24, 2.45) is 0 Å². The molecule has 7 heteroatoms. The molecule has 0 spiro atoms. The SMILES string of the molecule is COc1ccc(-c2nccn2-c2ccc3c(c2)C(=O)NCC3)c(OC)c1OC. The Labute approximate surface area is 162 Å². The fraction of sp³-hybridized carbons (Fsp3) is 0.238. The molecule has 0 aliphatic carbocycles.